The number of hydrogen-bond acceptors (Lipinski definition) is 9. The number of aliphatic hydroxyl groups is 1. The van der Waals surface area contributed by atoms with E-state index in [1.807, 2.05) is 12.3 Å². The molecule has 1 aromatic heterocycles. The van der Waals surface area contributed by atoms with E-state index in [1.165, 1.54) is 20.3 Å². The molecule has 180 valence electrons. The fraction of sp³-hybridized carbons (Fsp3) is 0.417. The molecule has 0 saturated carbocycles. The van der Waals surface area contributed by atoms with Gasteiger partial charge in [-0.05, 0) is 13.8 Å². The first-order valence-electron chi connectivity index (χ1n) is 10.7. The van der Waals surface area contributed by atoms with E-state index in [2.05, 4.69) is 9.98 Å². The van der Waals surface area contributed by atoms with Crippen LogP contribution < -0.4 is 14.2 Å². The molecule has 1 aliphatic carbocycles. The first-order valence-corrected chi connectivity index (χ1v) is 12.0. The number of aliphatic hydroxyl groups excluding tert-OH is 1. The van der Waals surface area contributed by atoms with Crippen molar-refractivity contribution in [1.82, 2.24) is 4.98 Å². The van der Waals surface area contributed by atoms with Gasteiger partial charge in [0, 0.05) is 48.2 Å². The van der Waals surface area contributed by atoms with Gasteiger partial charge in [0.05, 0.1) is 24.8 Å². The highest BCUT2D eigenvalue weighted by molar-refractivity contribution is 7.09. The molecule has 8 nitrogen and oxygen atoms in total. The Kier molecular flexibility index (Phi) is 6.44. The number of methoxy groups -OCH3 is 2. The summed E-state index contributed by atoms with van der Waals surface area (Å²) in [4.78, 5) is 35.6. The summed E-state index contributed by atoms with van der Waals surface area (Å²) in [6.45, 7) is 5.64. The smallest absolute Gasteiger partial charge is 0.231 e. The van der Waals surface area contributed by atoms with Crippen molar-refractivity contribution in [1.29, 1.82) is 0 Å². The maximum absolute atomic E-state index is 13.7. The lowest BCUT2D eigenvalue weighted by Gasteiger charge is -2.37. The van der Waals surface area contributed by atoms with Crippen molar-refractivity contribution in [2.24, 2.45) is 10.9 Å². The quantitative estimate of drug-likeness (QED) is 0.574. The number of aliphatic imine (C=N–C) groups is 1. The topological polar surface area (TPSA) is 107 Å². The van der Waals surface area contributed by atoms with Crippen LogP contribution in [0.25, 0.3) is 0 Å². The van der Waals surface area contributed by atoms with Crippen LogP contribution in [0.2, 0.25) is 5.02 Å². The fourth-order valence-electron chi connectivity index (χ4n) is 4.45. The van der Waals surface area contributed by atoms with Crippen molar-refractivity contribution in [2.45, 2.75) is 39.2 Å². The maximum Gasteiger partial charge on any atom is 0.231 e. The highest BCUT2D eigenvalue weighted by atomic mass is 35.5. The number of halogens is 1. The Morgan fingerprint density at radius 3 is 2.68 bits per heavy atom. The summed E-state index contributed by atoms with van der Waals surface area (Å²) in [6, 6.07) is 1.49. The van der Waals surface area contributed by atoms with Crippen molar-refractivity contribution in [3.8, 4) is 17.2 Å². The van der Waals surface area contributed by atoms with Crippen LogP contribution >= 0.6 is 22.9 Å². The van der Waals surface area contributed by atoms with Gasteiger partial charge in [0.15, 0.2) is 17.3 Å². The minimum atomic E-state index is -1.81. The highest BCUT2D eigenvalue weighted by Gasteiger charge is 2.61. The summed E-state index contributed by atoms with van der Waals surface area (Å²) in [5.41, 5.74) is -0.421. The molecule has 2 atom stereocenters. The van der Waals surface area contributed by atoms with Gasteiger partial charge in [0.1, 0.15) is 22.1 Å². The Bertz CT molecular complexity index is 1250. The largest absolute Gasteiger partial charge is 0.507 e. The number of hydrogen-bond donors (Lipinski definition) is 1. The molecule has 1 spiro atoms. The number of allylic oxidation sites excluding steroid dienone is 1. The number of nitrogens with zero attached hydrogens (tertiary/aromatic N) is 2. The molecular formula is C24H25ClN2O6S. The monoisotopic (exact) mass is 504 g/mol. The second kappa shape index (κ2) is 9.03. The minimum Gasteiger partial charge on any atom is -0.507 e. The van der Waals surface area contributed by atoms with Gasteiger partial charge in [-0.2, -0.15) is 0 Å². The zero-order valence-electron chi connectivity index (χ0n) is 19.5. The summed E-state index contributed by atoms with van der Waals surface area (Å²) in [5.74, 6) is -1.40. The third-order valence-corrected chi connectivity index (χ3v) is 7.56. The normalized spacial score (nSPS) is 22.3. The SMILES string of the molecule is COc1cc(OC)c2c(c1Cl)O[C@]1(C2=O)C(O)=C(C(C)=NCCc2nc(C)cs2)C(=O)C[C@H]1C. The highest BCUT2D eigenvalue weighted by Crippen LogP contribution is 2.54. The van der Waals surface area contributed by atoms with E-state index in [0.29, 0.717) is 18.7 Å². The summed E-state index contributed by atoms with van der Waals surface area (Å²) in [6.07, 6.45) is 0.599. The van der Waals surface area contributed by atoms with Gasteiger partial charge in [-0.25, -0.2) is 4.98 Å². The molecule has 0 radical (unpaired) electrons. The number of fused-ring (bicyclic) bond motifs is 1. The van der Waals surface area contributed by atoms with Crippen LogP contribution in [0.4, 0.5) is 0 Å². The van der Waals surface area contributed by atoms with Gasteiger partial charge in [-0.3, -0.25) is 14.6 Å². The Balaban J connectivity index is 1.76. The van der Waals surface area contributed by atoms with Crippen LogP contribution in [0.15, 0.2) is 27.8 Å². The van der Waals surface area contributed by atoms with Crippen molar-refractivity contribution < 1.29 is 28.9 Å². The molecule has 1 N–H and O–H groups in total. The Labute approximate surface area is 206 Å². The third-order valence-electron chi connectivity index (χ3n) is 6.17. The number of carbonyl (C=O) groups is 2. The van der Waals surface area contributed by atoms with Gasteiger partial charge < -0.3 is 19.3 Å². The molecule has 0 amide bonds. The maximum atomic E-state index is 13.7. The Hall–Kier alpha value is -2.91. The van der Waals surface area contributed by atoms with E-state index < -0.39 is 23.1 Å². The zero-order valence-corrected chi connectivity index (χ0v) is 21.1. The summed E-state index contributed by atoms with van der Waals surface area (Å²) in [5, 5.41) is 14.4. The van der Waals surface area contributed by atoms with Gasteiger partial charge in [-0.1, -0.05) is 18.5 Å². The van der Waals surface area contributed by atoms with Crippen LogP contribution in [0.3, 0.4) is 0 Å². The number of aromatic nitrogens is 1. The lowest BCUT2D eigenvalue weighted by atomic mass is 9.72. The zero-order chi connectivity index (χ0) is 24.8. The fourth-order valence-corrected chi connectivity index (χ4v) is 5.48. The van der Waals surface area contributed by atoms with E-state index >= 15 is 0 Å². The van der Waals surface area contributed by atoms with Gasteiger partial charge in [-0.15, -0.1) is 11.3 Å². The van der Waals surface area contributed by atoms with Crippen molar-refractivity contribution in [3.05, 3.63) is 44.1 Å². The number of carbonyl (C=O) groups excluding carboxylic acids is 2. The first kappa shape index (κ1) is 24.2. The predicted molar refractivity (Wildman–Crippen MR) is 129 cm³/mol. The molecule has 4 rings (SSSR count). The number of benzene rings is 1. The van der Waals surface area contributed by atoms with Crippen LogP contribution in [-0.4, -0.2) is 53.7 Å². The van der Waals surface area contributed by atoms with E-state index in [-0.39, 0.29) is 45.6 Å². The molecule has 1 aromatic carbocycles. The van der Waals surface area contributed by atoms with E-state index in [0.717, 1.165) is 10.7 Å². The van der Waals surface area contributed by atoms with Gasteiger partial charge in [0.2, 0.25) is 11.4 Å². The van der Waals surface area contributed by atoms with Gasteiger partial charge in [0.25, 0.3) is 0 Å². The first-order chi connectivity index (χ1) is 16.1. The number of ketones is 2. The molecule has 0 fully saturated rings. The van der Waals surface area contributed by atoms with Crippen LogP contribution in [0, 0.1) is 12.8 Å². The number of ether oxygens (including phenoxy) is 3. The lowest BCUT2D eigenvalue weighted by Crippen LogP contribution is -2.53. The van der Waals surface area contributed by atoms with Crippen molar-refractivity contribution in [3.63, 3.8) is 0 Å². The second-order valence-electron chi connectivity index (χ2n) is 8.32. The molecule has 2 aliphatic rings. The standard InChI is InChI=1S/C24H25ClN2O6S/c1-11-8-14(28)18(13(3)26-7-6-17-27-12(2)10-34-17)22(29)24(11)23(30)19-15(31-4)9-16(32-5)20(25)21(19)33-24/h9-11,29H,6-8H2,1-5H3/t11-,24+/m1/s1. The minimum absolute atomic E-state index is 0.00312. The molecule has 1 aliphatic heterocycles. The molecule has 0 bridgehead atoms. The average Bonchev–Trinajstić information content (AvgIpc) is 3.35. The number of Topliss-reactive ketones (excluding diaryl/α,β-unsaturated/α-hetero) is 2. The summed E-state index contributed by atoms with van der Waals surface area (Å²) in [7, 11) is 2.85. The number of rotatable bonds is 6. The van der Waals surface area contributed by atoms with Crippen LogP contribution in [0.5, 0.6) is 17.2 Å². The summed E-state index contributed by atoms with van der Waals surface area (Å²) < 4.78 is 16.8. The third kappa shape index (κ3) is 3.67. The molecule has 0 unspecified atom stereocenters. The van der Waals surface area contributed by atoms with E-state index in [9.17, 15) is 14.7 Å². The Morgan fingerprint density at radius 1 is 1.35 bits per heavy atom. The second-order valence-corrected chi connectivity index (χ2v) is 9.64. The molecule has 2 aromatic rings. The molecule has 0 saturated heterocycles. The molecule has 10 heteroatoms. The average molecular weight is 505 g/mol. The molecular weight excluding hydrogens is 480 g/mol. The number of aryl methyl sites for hydroxylation is 1. The van der Waals surface area contributed by atoms with E-state index in [1.54, 1.807) is 25.2 Å². The molecule has 2 heterocycles. The molecule has 34 heavy (non-hydrogen) atoms. The van der Waals surface area contributed by atoms with Crippen LogP contribution in [0.1, 0.15) is 41.3 Å². The Morgan fingerprint density at radius 2 is 2.06 bits per heavy atom. The van der Waals surface area contributed by atoms with Crippen molar-refractivity contribution >= 4 is 40.2 Å². The lowest BCUT2D eigenvalue weighted by molar-refractivity contribution is -0.118. The summed E-state index contributed by atoms with van der Waals surface area (Å²) >= 11 is 8.00. The number of thiazole rings is 1. The van der Waals surface area contributed by atoms with E-state index in [4.69, 9.17) is 25.8 Å². The van der Waals surface area contributed by atoms with Crippen LogP contribution in [-0.2, 0) is 11.2 Å². The predicted octanol–water partition coefficient (Wildman–Crippen LogP) is 4.56. The van der Waals surface area contributed by atoms with Gasteiger partial charge >= 0.3 is 0 Å². The van der Waals surface area contributed by atoms with Crippen molar-refractivity contribution in [2.75, 3.05) is 20.8 Å².